The molecule has 0 amide bonds. The summed E-state index contributed by atoms with van der Waals surface area (Å²) in [5, 5.41) is 9.34. The number of carbonyl (C=O) groups is 1. The van der Waals surface area contributed by atoms with Crippen molar-refractivity contribution < 1.29 is 23.1 Å². The maximum absolute atomic E-state index is 11.7. The minimum Gasteiger partial charge on any atom is -0.481 e. The average Bonchev–Trinajstić information content (AvgIpc) is 2.38. The molecule has 0 spiro atoms. The van der Waals surface area contributed by atoms with Crippen LogP contribution in [0.15, 0.2) is 0 Å². The highest BCUT2D eigenvalue weighted by atomic mass is 32.2. The zero-order valence-electron chi connectivity index (χ0n) is 11.4. The molecule has 0 heterocycles. The van der Waals surface area contributed by atoms with E-state index in [2.05, 4.69) is 4.72 Å². The molecule has 112 valence electrons. The number of ether oxygens (including phenoxy) is 1. The fourth-order valence-corrected chi connectivity index (χ4v) is 3.31. The van der Waals surface area contributed by atoms with Gasteiger partial charge in [0.25, 0.3) is 0 Å². The largest absolute Gasteiger partial charge is 0.481 e. The van der Waals surface area contributed by atoms with Gasteiger partial charge in [-0.1, -0.05) is 19.3 Å². The van der Waals surface area contributed by atoms with Gasteiger partial charge in [-0.3, -0.25) is 4.79 Å². The van der Waals surface area contributed by atoms with E-state index in [4.69, 9.17) is 4.74 Å². The first-order valence-electron chi connectivity index (χ1n) is 6.70. The molecule has 1 rings (SSSR count). The van der Waals surface area contributed by atoms with Crippen LogP contribution in [0.4, 0.5) is 0 Å². The molecule has 0 aromatic rings. The van der Waals surface area contributed by atoms with Crippen LogP contribution >= 0.6 is 0 Å². The summed E-state index contributed by atoms with van der Waals surface area (Å²) in [6.45, 7) is 2.37. The summed E-state index contributed by atoms with van der Waals surface area (Å²) in [4.78, 5) is 11.4. The third-order valence-corrected chi connectivity index (χ3v) is 4.88. The molecule has 7 heteroatoms. The SMILES string of the molecule is CCOCCS(=O)(=O)NCC1(C(=O)O)CCCCC1. The van der Waals surface area contributed by atoms with Gasteiger partial charge in [0, 0.05) is 13.2 Å². The van der Waals surface area contributed by atoms with Crippen LogP contribution < -0.4 is 4.72 Å². The van der Waals surface area contributed by atoms with Gasteiger partial charge in [0.15, 0.2) is 0 Å². The monoisotopic (exact) mass is 293 g/mol. The van der Waals surface area contributed by atoms with Crippen LogP contribution in [0.3, 0.4) is 0 Å². The molecule has 0 aliphatic heterocycles. The fraction of sp³-hybridized carbons (Fsp3) is 0.917. The van der Waals surface area contributed by atoms with Gasteiger partial charge in [-0.25, -0.2) is 13.1 Å². The van der Waals surface area contributed by atoms with Gasteiger partial charge in [0.1, 0.15) is 0 Å². The number of sulfonamides is 1. The summed E-state index contributed by atoms with van der Waals surface area (Å²) in [5.74, 6) is -1.03. The smallest absolute Gasteiger partial charge is 0.310 e. The van der Waals surface area contributed by atoms with E-state index in [1.807, 2.05) is 0 Å². The van der Waals surface area contributed by atoms with Crippen molar-refractivity contribution in [3.8, 4) is 0 Å². The van der Waals surface area contributed by atoms with Crippen molar-refractivity contribution in [3.63, 3.8) is 0 Å². The van der Waals surface area contributed by atoms with Gasteiger partial charge in [-0.05, 0) is 19.8 Å². The minimum absolute atomic E-state index is 0.0171. The Labute approximate surface area is 114 Å². The molecule has 1 fully saturated rings. The van der Waals surface area contributed by atoms with Crippen LogP contribution in [-0.2, 0) is 19.6 Å². The summed E-state index contributed by atoms with van der Waals surface area (Å²) >= 11 is 0. The summed E-state index contributed by atoms with van der Waals surface area (Å²) in [5.41, 5.74) is -0.934. The highest BCUT2D eigenvalue weighted by molar-refractivity contribution is 7.89. The van der Waals surface area contributed by atoms with E-state index in [1.54, 1.807) is 6.92 Å². The summed E-state index contributed by atoms with van der Waals surface area (Å²) in [6, 6.07) is 0. The van der Waals surface area contributed by atoms with Crippen molar-refractivity contribution in [2.75, 3.05) is 25.5 Å². The van der Waals surface area contributed by atoms with E-state index >= 15 is 0 Å². The van der Waals surface area contributed by atoms with E-state index in [9.17, 15) is 18.3 Å². The Balaban J connectivity index is 2.54. The zero-order valence-corrected chi connectivity index (χ0v) is 12.2. The average molecular weight is 293 g/mol. The van der Waals surface area contributed by atoms with Crippen molar-refractivity contribution in [3.05, 3.63) is 0 Å². The number of hydrogen-bond donors (Lipinski definition) is 2. The van der Waals surface area contributed by atoms with Crippen LogP contribution in [-0.4, -0.2) is 45.0 Å². The quantitative estimate of drug-likeness (QED) is 0.651. The fourth-order valence-electron chi connectivity index (χ4n) is 2.33. The third-order valence-electron chi connectivity index (χ3n) is 3.60. The molecule has 1 aliphatic carbocycles. The third kappa shape index (κ3) is 5.08. The summed E-state index contributed by atoms with van der Waals surface area (Å²) in [6.07, 6.45) is 3.78. The summed E-state index contributed by atoms with van der Waals surface area (Å²) in [7, 11) is -3.46. The van der Waals surface area contributed by atoms with Crippen LogP contribution in [0.2, 0.25) is 0 Å². The lowest BCUT2D eigenvalue weighted by Crippen LogP contribution is -2.45. The second-order valence-corrected chi connectivity index (χ2v) is 6.91. The van der Waals surface area contributed by atoms with Crippen molar-refractivity contribution in [1.82, 2.24) is 4.72 Å². The van der Waals surface area contributed by atoms with Gasteiger partial charge >= 0.3 is 5.97 Å². The lowest BCUT2D eigenvalue weighted by molar-refractivity contribution is -0.150. The molecule has 0 bridgehead atoms. The Morgan fingerprint density at radius 2 is 1.95 bits per heavy atom. The molecule has 2 N–H and O–H groups in total. The standard InChI is InChI=1S/C12H23NO5S/c1-2-18-8-9-19(16,17)13-10-12(11(14)15)6-4-3-5-7-12/h13H,2-10H2,1H3,(H,14,15). The van der Waals surface area contributed by atoms with Crippen molar-refractivity contribution in [1.29, 1.82) is 0 Å². The van der Waals surface area contributed by atoms with Crippen molar-refractivity contribution in [2.45, 2.75) is 39.0 Å². The Bertz CT molecular complexity index is 387. The highest BCUT2D eigenvalue weighted by Crippen LogP contribution is 2.36. The number of rotatable bonds is 8. The summed E-state index contributed by atoms with van der Waals surface area (Å²) < 4.78 is 30.9. The molecule has 19 heavy (non-hydrogen) atoms. The maximum atomic E-state index is 11.7. The number of nitrogens with one attached hydrogen (secondary N) is 1. The lowest BCUT2D eigenvalue weighted by atomic mass is 9.74. The molecule has 6 nitrogen and oxygen atoms in total. The molecule has 0 aromatic carbocycles. The van der Waals surface area contributed by atoms with E-state index in [0.29, 0.717) is 19.4 Å². The molecule has 0 aromatic heterocycles. The normalized spacial score (nSPS) is 19.2. The molecule has 1 aliphatic rings. The van der Waals surface area contributed by atoms with Crippen molar-refractivity contribution >= 4 is 16.0 Å². The number of hydrogen-bond acceptors (Lipinski definition) is 4. The van der Waals surface area contributed by atoms with Crippen LogP contribution in [0, 0.1) is 5.41 Å². The van der Waals surface area contributed by atoms with Crippen molar-refractivity contribution in [2.24, 2.45) is 5.41 Å². The molecule has 0 saturated heterocycles. The molecule has 0 atom stereocenters. The highest BCUT2D eigenvalue weighted by Gasteiger charge is 2.40. The van der Waals surface area contributed by atoms with Gasteiger partial charge in [-0.15, -0.1) is 0 Å². The van der Waals surface area contributed by atoms with Crippen LogP contribution in [0.5, 0.6) is 0 Å². The van der Waals surface area contributed by atoms with Gasteiger partial charge in [-0.2, -0.15) is 0 Å². The van der Waals surface area contributed by atoms with E-state index < -0.39 is 21.4 Å². The lowest BCUT2D eigenvalue weighted by Gasteiger charge is -2.33. The molecular formula is C12H23NO5S. The predicted molar refractivity (Wildman–Crippen MR) is 71.4 cm³/mol. The number of aliphatic carboxylic acids is 1. The van der Waals surface area contributed by atoms with Crippen LogP contribution in [0.25, 0.3) is 0 Å². The second kappa shape index (κ2) is 7.21. The number of carboxylic acid groups (broad SMARTS) is 1. The minimum atomic E-state index is -3.46. The Hall–Kier alpha value is -0.660. The Kier molecular flexibility index (Phi) is 6.22. The molecule has 0 radical (unpaired) electrons. The molecule has 0 unspecified atom stereocenters. The second-order valence-electron chi connectivity index (χ2n) is 4.98. The first-order valence-corrected chi connectivity index (χ1v) is 8.35. The maximum Gasteiger partial charge on any atom is 0.310 e. The zero-order chi connectivity index (χ0) is 14.4. The predicted octanol–water partition coefficient (Wildman–Crippen LogP) is 0.977. The first-order chi connectivity index (χ1) is 8.92. The Morgan fingerprint density at radius 3 is 2.47 bits per heavy atom. The van der Waals surface area contributed by atoms with Crippen LogP contribution in [0.1, 0.15) is 39.0 Å². The van der Waals surface area contributed by atoms with E-state index in [0.717, 1.165) is 19.3 Å². The number of carboxylic acids is 1. The van der Waals surface area contributed by atoms with Gasteiger partial charge in [0.2, 0.25) is 10.0 Å². The van der Waals surface area contributed by atoms with Gasteiger partial charge in [0.05, 0.1) is 17.8 Å². The van der Waals surface area contributed by atoms with Gasteiger partial charge < -0.3 is 9.84 Å². The molecule has 1 saturated carbocycles. The Morgan fingerprint density at radius 1 is 1.32 bits per heavy atom. The van der Waals surface area contributed by atoms with E-state index in [-0.39, 0.29) is 18.9 Å². The molecular weight excluding hydrogens is 270 g/mol. The first kappa shape index (κ1) is 16.4. The topological polar surface area (TPSA) is 92.7 Å². The van der Waals surface area contributed by atoms with E-state index in [1.165, 1.54) is 0 Å².